The van der Waals surface area contributed by atoms with Gasteiger partial charge in [0.15, 0.2) is 0 Å². The van der Waals surface area contributed by atoms with Crippen LogP contribution in [0.5, 0.6) is 5.75 Å². The molecule has 6 nitrogen and oxygen atoms in total. The Morgan fingerprint density at radius 3 is 2.16 bits per heavy atom. The predicted octanol–water partition coefficient (Wildman–Crippen LogP) is 7.78. The molecule has 0 bridgehead atoms. The molecule has 2 aliphatic heterocycles. The molecule has 45 heavy (non-hydrogen) atoms. The van der Waals surface area contributed by atoms with E-state index in [1.807, 2.05) is 42.5 Å². The highest BCUT2D eigenvalue weighted by atomic mass is 19.4. The normalized spacial score (nSPS) is 19.5. The van der Waals surface area contributed by atoms with Gasteiger partial charge in [-0.15, -0.1) is 0 Å². The summed E-state index contributed by atoms with van der Waals surface area (Å²) in [6.45, 7) is 2.73. The number of nitrogens with one attached hydrogen (secondary N) is 1. The average molecular weight is 635 g/mol. The highest BCUT2D eigenvalue weighted by Gasteiger charge is 2.75. The molecule has 1 atom stereocenters. The zero-order chi connectivity index (χ0) is 32.6. The molecule has 12 heteroatoms. The summed E-state index contributed by atoms with van der Waals surface area (Å²) >= 11 is 0. The van der Waals surface area contributed by atoms with Crippen LogP contribution in [-0.2, 0) is 33.7 Å². The second-order valence-corrected chi connectivity index (χ2v) is 11.3. The van der Waals surface area contributed by atoms with E-state index in [0.29, 0.717) is 24.8 Å². The number of urea groups is 1. The molecule has 5 rings (SSSR count). The Morgan fingerprint density at radius 1 is 0.889 bits per heavy atom. The number of carbonyl (C=O) groups is 2. The molecule has 1 saturated heterocycles. The molecule has 1 N–H and O–H groups in total. The van der Waals surface area contributed by atoms with Crippen LogP contribution in [0.15, 0.2) is 66.7 Å². The van der Waals surface area contributed by atoms with Crippen molar-refractivity contribution in [2.45, 2.75) is 69.6 Å². The van der Waals surface area contributed by atoms with Crippen LogP contribution in [0.2, 0.25) is 0 Å². The lowest BCUT2D eigenvalue weighted by Gasteiger charge is -2.33. The van der Waals surface area contributed by atoms with Crippen LogP contribution in [0.1, 0.15) is 55.4 Å². The number of alkyl halides is 6. The fraction of sp³-hybridized carbons (Fsp3) is 0.394. The number of halogens is 6. The van der Waals surface area contributed by atoms with E-state index in [9.17, 15) is 35.9 Å². The van der Waals surface area contributed by atoms with Crippen molar-refractivity contribution in [1.29, 1.82) is 0 Å². The number of carbonyl (C=O) groups excluding carboxylic acids is 2. The fourth-order valence-electron chi connectivity index (χ4n) is 5.99. The Hall–Kier alpha value is -4.06. The molecule has 2 heterocycles. The van der Waals surface area contributed by atoms with Gasteiger partial charge in [0.25, 0.3) is 11.5 Å². The van der Waals surface area contributed by atoms with E-state index in [0.717, 1.165) is 28.2 Å². The largest absolute Gasteiger partial charge is 0.493 e. The maximum atomic E-state index is 13.8. The monoisotopic (exact) mass is 634 g/mol. The second-order valence-electron chi connectivity index (χ2n) is 11.3. The minimum atomic E-state index is -5.71. The number of fused-ring (bicyclic) bond motifs is 1. The lowest BCUT2D eigenvalue weighted by atomic mass is 9.87. The van der Waals surface area contributed by atoms with Crippen molar-refractivity contribution < 1.29 is 45.4 Å². The third-order valence-electron chi connectivity index (χ3n) is 8.38. The van der Waals surface area contributed by atoms with E-state index in [1.54, 1.807) is 26.0 Å². The average Bonchev–Trinajstić information content (AvgIpc) is 3.51. The van der Waals surface area contributed by atoms with E-state index in [1.165, 1.54) is 0 Å². The van der Waals surface area contributed by atoms with Crippen molar-refractivity contribution in [2.75, 3.05) is 13.2 Å². The highest BCUT2D eigenvalue weighted by Crippen LogP contribution is 2.58. The molecule has 1 unspecified atom stereocenters. The van der Waals surface area contributed by atoms with Gasteiger partial charge in [-0.25, -0.2) is 4.79 Å². The molecule has 0 aromatic heterocycles. The Morgan fingerprint density at radius 2 is 1.53 bits per heavy atom. The summed E-state index contributed by atoms with van der Waals surface area (Å²) < 4.78 is 92.9. The Kier molecular flexibility index (Phi) is 8.65. The zero-order valence-corrected chi connectivity index (χ0v) is 24.6. The first-order chi connectivity index (χ1) is 21.2. The zero-order valence-electron chi connectivity index (χ0n) is 24.6. The third-order valence-corrected chi connectivity index (χ3v) is 8.38. The number of hydrogen-bond acceptors (Lipinski definition) is 4. The Bertz CT molecular complexity index is 1540. The highest BCUT2D eigenvalue weighted by molar-refractivity contribution is 6.07. The minimum absolute atomic E-state index is 0.0713. The quantitative estimate of drug-likeness (QED) is 0.141. The van der Waals surface area contributed by atoms with Gasteiger partial charge in [-0.2, -0.15) is 26.3 Å². The van der Waals surface area contributed by atoms with E-state index in [4.69, 9.17) is 4.74 Å². The van der Waals surface area contributed by atoms with Gasteiger partial charge in [0.1, 0.15) is 11.3 Å². The van der Waals surface area contributed by atoms with Crippen LogP contribution in [0, 0.1) is 0 Å². The molecular formula is C33H32F6N2O4. The summed E-state index contributed by atoms with van der Waals surface area (Å²) in [7, 11) is 0. The summed E-state index contributed by atoms with van der Waals surface area (Å²) in [5.41, 5.74) is -3.90. The van der Waals surface area contributed by atoms with Gasteiger partial charge in [-0.1, -0.05) is 74.0 Å². The topological polar surface area (TPSA) is 67.9 Å². The van der Waals surface area contributed by atoms with Crippen LogP contribution >= 0.6 is 0 Å². The fourth-order valence-corrected chi connectivity index (χ4v) is 5.99. The van der Waals surface area contributed by atoms with Crippen molar-refractivity contribution in [1.82, 2.24) is 10.2 Å². The van der Waals surface area contributed by atoms with Crippen molar-refractivity contribution in [3.05, 3.63) is 89.0 Å². The first-order valence-corrected chi connectivity index (χ1v) is 14.6. The van der Waals surface area contributed by atoms with Crippen LogP contribution in [0.25, 0.3) is 11.1 Å². The van der Waals surface area contributed by atoms with Gasteiger partial charge < -0.3 is 14.8 Å². The number of rotatable bonds is 10. The van der Waals surface area contributed by atoms with Crippen molar-refractivity contribution >= 4 is 11.9 Å². The van der Waals surface area contributed by atoms with Gasteiger partial charge >= 0.3 is 18.4 Å². The molecule has 2 aliphatic rings. The van der Waals surface area contributed by atoms with Gasteiger partial charge in [0.05, 0.1) is 13.2 Å². The van der Waals surface area contributed by atoms with E-state index in [-0.39, 0.29) is 36.4 Å². The number of amides is 3. The number of ether oxygens (including phenoxy) is 2. The summed E-state index contributed by atoms with van der Waals surface area (Å²) in [5, 5.41) is 2.78. The first kappa shape index (κ1) is 32.3. The summed E-state index contributed by atoms with van der Waals surface area (Å²) in [6.07, 6.45) is -10.0. The molecule has 1 fully saturated rings. The molecule has 3 amide bonds. The number of imide groups is 1. The van der Waals surface area contributed by atoms with Gasteiger partial charge in [0, 0.05) is 17.7 Å². The molecular weight excluding hydrogens is 602 g/mol. The van der Waals surface area contributed by atoms with Gasteiger partial charge in [0.2, 0.25) is 0 Å². The lowest BCUT2D eigenvalue weighted by Crippen LogP contribution is -2.53. The number of nitrogens with zero attached hydrogens (tertiary/aromatic N) is 1. The van der Waals surface area contributed by atoms with E-state index < -0.39 is 47.6 Å². The molecule has 0 spiro atoms. The van der Waals surface area contributed by atoms with Crippen molar-refractivity contribution in [2.24, 2.45) is 0 Å². The van der Waals surface area contributed by atoms with Crippen molar-refractivity contribution in [3.8, 4) is 16.9 Å². The molecule has 0 saturated carbocycles. The smallest absolute Gasteiger partial charge is 0.430 e. The predicted molar refractivity (Wildman–Crippen MR) is 153 cm³/mol. The molecule has 0 radical (unpaired) electrons. The van der Waals surface area contributed by atoms with Crippen LogP contribution < -0.4 is 10.1 Å². The second kappa shape index (κ2) is 12.0. The van der Waals surface area contributed by atoms with Crippen LogP contribution in [0.4, 0.5) is 31.1 Å². The maximum Gasteiger partial charge on any atom is 0.430 e. The first-order valence-electron chi connectivity index (χ1n) is 14.6. The molecule has 0 aliphatic carbocycles. The molecule has 3 aromatic carbocycles. The lowest BCUT2D eigenvalue weighted by molar-refractivity contribution is -0.385. The Labute approximate surface area is 256 Å². The number of benzene rings is 3. The SMILES string of the molecule is CCCc1c(OCCCCN2C(=O)NC(C)(c3ccc(-c4ccccc4)cc3)C2=O)ccc2c1COC2(C(F)(F)F)C(F)(F)F. The molecule has 240 valence electrons. The number of hydrogen-bond donors (Lipinski definition) is 1. The molecule has 3 aromatic rings. The minimum Gasteiger partial charge on any atom is -0.493 e. The van der Waals surface area contributed by atoms with Crippen LogP contribution in [0.3, 0.4) is 0 Å². The van der Waals surface area contributed by atoms with Gasteiger partial charge in [-0.3, -0.25) is 9.69 Å². The van der Waals surface area contributed by atoms with Gasteiger partial charge in [-0.05, 0) is 54.5 Å². The number of unbranched alkanes of at least 4 members (excludes halogenated alkanes) is 1. The van der Waals surface area contributed by atoms with E-state index in [2.05, 4.69) is 10.1 Å². The Balaban J connectivity index is 1.22. The summed E-state index contributed by atoms with van der Waals surface area (Å²) in [6, 6.07) is 18.5. The maximum absolute atomic E-state index is 13.8. The van der Waals surface area contributed by atoms with E-state index >= 15 is 0 Å². The third kappa shape index (κ3) is 5.64. The van der Waals surface area contributed by atoms with Crippen LogP contribution in [-0.4, -0.2) is 42.3 Å². The standard InChI is InChI=1S/C33H32F6N2O4/c1-3-9-24-25-20-45-31(32(34,35)36,33(37,38)39)26(25)16-17-27(24)44-19-8-7-18-41-28(42)30(2,40-29(41)43)23-14-12-22(13-15-23)21-10-5-4-6-11-21/h4-6,10-17H,3,7-9,18-20H2,1-2H3,(H,40,43). The summed E-state index contributed by atoms with van der Waals surface area (Å²) in [4.78, 5) is 27.2. The van der Waals surface area contributed by atoms with Crippen molar-refractivity contribution in [3.63, 3.8) is 0 Å². The summed E-state index contributed by atoms with van der Waals surface area (Å²) in [5.74, 6) is -0.219.